The molecule has 136 valence electrons. The second kappa shape index (κ2) is 7.53. The van der Waals surface area contributed by atoms with E-state index in [0.29, 0.717) is 5.56 Å². The van der Waals surface area contributed by atoms with E-state index in [1.54, 1.807) is 12.1 Å². The van der Waals surface area contributed by atoms with Crippen LogP contribution in [0.25, 0.3) is 0 Å². The minimum Gasteiger partial charge on any atom is -0.387 e. The molecule has 0 saturated carbocycles. The Kier molecular flexibility index (Phi) is 5.18. The first-order valence-corrected chi connectivity index (χ1v) is 8.31. The Morgan fingerprint density at radius 1 is 1.23 bits per heavy atom. The zero-order valence-corrected chi connectivity index (χ0v) is 14.3. The number of aliphatic hydroxyl groups is 1. The highest BCUT2D eigenvalue weighted by molar-refractivity contribution is 6.39. The van der Waals surface area contributed by atoms with E-state index in [4.69, 9.17) is 0 Å². The number of nitrogens with zero attached hydrogens (tertiary/aromatic N) is 1. The molecule has 0 aliphatic carbocycles. The third kappa shape index (κ3) is 3.83. The van der Waals surface area contributed by atoms with Crippen LogP contribution in [-0.4, -0.2) is 37.1 Å². The van der Waals surface area contributed by atoms with Gasteiger partial charge in [0.2, 0.25) is 0 Å². The summed E-state index contributed by atoms with van der Waals surface area (Å²) in [5.74, 6) is -2.55. The van der Waals surface area contributed by atoms with Crippen LogP contribution in [0.4, 0.5) is 15.8 Å². The quantitative estimate of drug-likeness (QED) is 0.726. The first-order valence-electron chi connectivity index (χ1n) is 8.31. The van der Waals surface area contributed by atoms with Crippen molar-refractivity contribution >= 4 is 23.2 Å². The molecule has 0 bridgehead atoms. The molecule has 0 fully saturated rings. The Bertz CT molecular complexity index is 841. The van der Waals surface area contributed by atoms with Gasteiger partial charge in [-0.2, -0.15) is 0 Å². The van der Waals surface area contributed by atoms with Crippen molar-refractivity contribution in [2.75, 3.05) is 30.4 Å². The van der Waals surface area contributed by atoms with Gasteiger partial charge in [0.25, 0.3) is 0 Å². The standard InChI is InChI=1S/C19H20FN3O3/c1-23-9-8-12-10-13(6-7-16(12)23)17(24)11-21-18(25)19(26)22-15-5-3-2-4-14(15)20/h2-7,10,17,24H,8-9,11H2,1H3,(H,21,25)(H,22,26). The van der Waals surface area contributed by atoms with E-state index in [-0.39, 0.29) is 12.2 Å². The first-order chi connectivity index (χ1) is 12.5. The number of hydrogen-bond acceptors (Lipinski definition) is 4. The molecule has 3 rings (SSSR count). The number of rotatable bonds is 4. The molecule has 3 N–H and O–H groups in total. The van der Waals surface area contributed by atoms with Crippen molar-refractivity contribution in [1.82, 2.24) is 5.32 Å². The number of hydrogen-bond donors (Lipinski definition) is 3. The molecule has 1 heterocycles. The summed E-state index contributed by atoms with van der Waals surface area (Å²) in [7, 11) is 2.01. The maximum atomic E-state index is 13.5. The van der Waals surface area contributed by atoms with Crippen LogP contribution in [0.3, 0.4) is 0 Å². The predicted octanol–water partition coefficient (Wildman–Crippen LogP) is 1.61. The summed E-state index contributed by atoms with van der Waals surface area (Å²) in [4.78, 5) is 25.8. The highest BCUT2D eigenvalue weighted by Gasteiger charge is 2.20. The maximum Gasteiger partial charge on any atom is 0.313 e. The zero-order valence-electron chi connectivity index (χ0n) is 14.3. The van der Waals surface area contributed by atoms with E-state index < -0.39 is 23.7 Å². The number of fused-ring (bicyclic) bond motifs is 1. The van der Waals surface area contributed by atoms with Crippen LogP contribution in [-0.2, 0) is 16.0 Å². The molecule has 7 heteroatoms. The number of para-hydroxylation sites is 1. The number of aliphatic hydroxyl groups excluding tert-OH is 1. The van der Waals surface area contributed by atoms with Crippen LogP contribution in [0.2, 0.25) is 0 Å². The molecule has 2 aromatic carbocycles. The number of carbonyl (C=O) groups is 2. The van der Waals surface area contributed by atoms with Crippen molar-refractivity contribution < 1.29 is 19.1 Å². The van der Waals surface area contributed by atoms with Crippen molar-refractivity contribution in [3.8, 4) is 0 Å². The summed E-state index contributed by atoms with van der Waals surface area (Å²) in [6.45, 7) is 0.819. The fraction of sp³-hybridized carbons (Fsp3) is 0.263. The topological polar surface area (TPSA) is 81.7 Å². The number of halogens is 1. The molecule has 1 aliphatic heterocycles. The van der Waals surface area contributed by atoms with E-state index in [1.807, 2.05) is 19.2 Å². The molecule has 0 aromatic heterocycles. The molecule has 0 radical (unpaired) electrons. The van der Waals surface area contributed by atoms with Gasteiger partial charge in [-0.05, 0) is 35.7 Å². The lowest BCUT2D eigenvalue weighted by Gasteiger charge is -2.15. The largest absolute Gasteiger partial charge is 0.387 e. The van der Waals surface area contributed by atoms with Crippen molar-refractivity contribution in [1.29, 1.82) is 0 Å². The highest BCUT2D eigenvalue weighted by Crippen LogP contribution is 2.29. The molecule has 1 aliphatic rings. The smallest absolute Gasteiger partial charge is 0.313 e. The van der Waals surface area contributed by atoms with Gasteiger partial charge in [0.15, 0.2) is 0 Å². The van der Waals surface area contributed by atoms with Gasteiger partial charge in [0.05, 0.1) is 11.8 Å². The number of nitrogens with one attached hydrogen (secondary N) is 2. The van der Waals surface area contributed by atoms with E-state index in [9.17, 15) is 19.1 Å². The molecular formula is C19H20FN3O3. The highest BCUT2D eigenvalue weighted by atomic mass is 19.1. The second-order valence-electron chi connectivity index (χ2n) is 6.22. The van der Waals surface area contributed by atoms with Crippen LogP contribution in [0.5, 0.6) is 0 Å². The summed E-state index contributed by atoms with van der Waals surface area (Å²) in [6, 6.07) is 11.2. The minimum atomic E-state index is -0.988. The molecule has 1 unspecified atom stereocenters. The number of carbonyl (C=O) groups excluding carboxylic acids is 2. The molecular weight excluding hydrogens is 337 g/mol. The zero-order chi connectivity index (χ0) is 18.7. The number of likely N-dealkylation sites (N-methyl/N-ethyl adjacent to an activating group) is 1. The lowest BCUT2D eigenvalue weighted by atomic mass is 10.0. The molecule has 2 amide bonds. The van der Waals surface area contributed by atoms with Crippen molar-refractivity contribution in [2.45, 2.75) is 12.5 Å². The van der Waals surface area contributed by atoms with Crippen LogP contribution in [0.1, 0.15) is 17.2 Å². The molecule has 26 heavy (non-hydrogen) atoms. The normalized spacial score (nSPS) is 13.9. The minimum absolute atomic E-state index is 0.0732. The summed E-state index contributed by atoms with van der Waals surface area (Å²) >= 11 is 0. The van der Waals surface area contributed by atoms with Crippen LogP contribution >= 0.6 is 0 Å². The van der Waals surface area contributed by atoms with E-state index in [1.165, 1.54) is 18.2 Å². The van der Waals surface area contributed by atoms with Gasteiger partial charge in [-0.1, -0.05) is 24.3 Å². The Morgan fingerprint density at radius 2 is 2.00 bits per heavy atom. The van der Waals surface area contributed by atoms with E-state index in [0.717, 1.165) is 24.2 Å². The van der Waals surface area contributed by atoms with Gasteiger partial charge >= 0.3 is 11.8 Å². The summed E-state index contributed by atoms with van der Waals surface area (Å²) in [5, 5.41) is 14.8. The summed E-state index contributed by atoms with van der Waals surface area (Å²) in [5.41, 5.74) is 2.88. The van der Waals surface area contributed by atoms with Gasteiger partial charge < -0.3 is 20.6 Å². The van der Waals surface area contributed by atoms with Crippen LogP contribution in [0.15, 0.2) is 42.5 Å². The van der Waals surface area contributed by atoms with Gasteiger partial charge in [-0.3, -0.25) is 9.59 Å². The molecule has 1 atom stereocenters. The lowest BCUT2D eigenvalue weighted by molar-refractivity contribution is -0.136. The second-order valence-corrected chi connectivity index (χ2v) is 6.22. The van der Waals surface area contributed by atoms with E-state index in [2.05, 4.69) is 15.5 Å². The van der Waals surface area contributed by atoms with Crippen LogP contribution < -0.4 is 15.5 Å². The fourth-order valence-electron chi connectivity index (χ4n) is 2.92. The Hall–Kier alpha value is -2.93. The number of benzene rings is 2. The van der Waals surface area contributed by atoms with Gasteiger partial charge in [-0.25, -0.2) is 4.39 Å². The molecule has 2 aromatic rings. The monoisotopic (exact) mass is 357 g/mol. The van der Waals surface area contributed by atoms with Crippen molar-refractivity contribution in [3.05, 3.63) is 59.4 Å². The lowest BCUT2D eigenvalue weighted by Crippen LogP contribution is -2.37. The Balaban J connectivity index is 1.56. The van der Waals surface area contributed by atoms with Crippen molar-refractivity contribution in [2.24, 2.45) is 0 Å². The maximum absolute atomic E-state index is 13.5. The summed E-state index contributed by atoms with van der Waals surface area (Å²) in [6.07, 6.45) is -0.0273. The first kappa shape index (κ1) is 17.9. The van der Waals surface area contributed by atoms with Crippen LogP contribution in [0, 0.1) is 5.82 Å². The van der Waals surface area contributed by atoms with Crippen molar-refractivity contribution in [3.63, 3.8) is 0 Å². The van der Waals surface area contributed by atoms with Gasteiger partial charge in [0, 0.05) is 25.8 Å². The summed E-state index contributed by atoms with van der Waals surface area (Å²) < 4.78 is 13.5. The average molecular weight is 357 g/mol. The predicted molar refractivity (Wildman–Crippen MR) is 96.4 cm³/mol. The number of amides is 2. The Morgan fingerprint density at radius 3 is 2.77 bits per heavy atom. The SMILES string of the molecule is CN1CCc2cc(C(O)CNC(=O)C(=O)Nc3ccccc3F)ccc21. The van der Waals surface area contributed by atoms with E-state index >= 15 is 0 Å². The molecule has 0 saturated heterocycles. The van der Waals surface area contributed by atoms with Gasteiger partial charge in [0.1, 0.15) is 5.82 Å². The molecule has 0 spiro atoms. The fourth-order valence-corrected chi connectivity index (χ4v) is 2.92. The third-order valence-electron chi connectivity index (χ3n) is 4.40. The third-order valence-corrected chi connectivity index (χ3v) is 4.40. The number of anilines is 2. The van der Waals surface area contributed by atoms with Gasteiger partial charge in [-0.15, -0.1) is 0 Å². The molecule has 6 nitrogen and oxygen atoms in total. The Labute approximate surface area is 150 Å². The average Bonchev–Trinajstić information content (AvgIpc) is 3.01.